The zero-order chi connectivity index (χ0) is 11.3. The molecule has 0 spiro atoms. The molecular formula is C10H16FN3O. The normalized spacial score (nSPS) is 12.3. The molecule has 0 amide bonds. The van der Waals surface area contributed by atoms with Gasteiger partial charge in [0.2, 0.25) is 0 Å². The zero-order valence-corrected chi connectivity index (χ0v) is 8.66. The van der Waals surface area contributed by atoms with Gasteiger partial charge >= 0.3 is 0 Å². The Kier molecular flexibility index (Phi) is 4.33. The SMILES string of the molecule is COc1ccc(NCC(N)CN)cc1F. The average Bonchev–Trinajstić information content (AvgIpc) is 2.26. The first-order valence-electron chi connectivity index (χ1n) is 4.70. The third kappa shape index (κ3) is 3.38. The van der Waals surface area contributed by atoms with Crippen LogP contribution < -0.4 is 21.5 Å². The molecule has 4 nitrogen and oxygen atoms in total. The largest absolute Gasteiger partial charge is 0.494 e. The van der Waals surface area contributed by atoms with Crippen LogP contribution in [0.4, 0.5) is 10.1 Å². The number of ether oxygens (including phenoxy) is 1. The zero-order valence-electron chi connectivity index (χ0n) is 8.66. The molecule has 1 aromatic carbocycles. The smallest absolute Gasteiger partial charge is 0.167 e. The molecule has 5 heteroatoms. The Bertz CT molecular complexity index is 320. The molecule has 5 N–H and O–H groups in total. The van der Waals surface area contributed by atoms with Crippen LogP contribution in [0.3, 0.4) is 0 Å². The summed E-state index contributed by atoms with van der Waals surface area (Å²) in [6.45, 7) is 0.911. The van der Waals surface area contributed by atoms with Crippen molar-refractivity contribution in [3.05, 3.63) is 24.0 Å². The first-order valence-corrected chi connectivity index (χ1v) is 4.70. The van der Waals surface area contributed by atoms with E-state index in [0.29, 0.717) is 18.8 Å². The average molecular weight is 213 g/mol. The molecule has 0 aliphatic heterocycles. The predicted molar refractivity (Wildman–Crippen MR) is 58.5 cm³/mol. The number of benzene rings is 1. The van der Waals surface area contributed by atoms with Crippen molar-refractivity contribution in [1.82, 2.24) is 0 Å². The minimum Gasteiger partial charge on any atom is -0.494 e. The van der Waals surface area contributed by atoms with Crippen molar-refractivity contribution < 1.29 is 9.13 Å². The summed E-state index contributed by atoms with van der Waals surface area (Å²) in [7, 11) is 1.43. The van der Waals surface area contributed by atoms with Gasteiger partial charge in [0.25, 0.3) is 0 Å². The number of nitrogens with one attached hydrogen (secondary N) is 1. The maximum atomic E-state index is 13.2. The second kappa shape index (κ2) is 5.53. The molecule has 0 fully saturated rings. The lowest BCUT2D eigenvalue weighted by Crippen LogP contribution is -2.36. The van der Waals surface area contributed by atoms with Crippen LogP contribution >= 0.6 is 0 Å². The summed E-state index contributed by atoms with van der Waals surface area (Å²) in [6, 6.07) is 4.52. The minimum atomic E-state index is -0.399. The molecule has 0 aromatic heterocycles. The Morgan fingerprint density at radius 2 is 2.27 bits per heavy atom. The Morgan fingerprint density at radius 3 is 2.80 bits per heavy atom. The molecule has 15 heavy (non-hydrogen) atoms. The molecule has 1 aromatic rings. The van der Waals surface area contributed by atoms with Crippen LogP contribution in [-0.4, -0.2) is 26.2 Å². The van der Waals surface area contributed by atoms with E-state index in [1.165, 1.54) is 13.2 Å². The van der Waals surface area contributed by atoms with Crippen LogP contribution in [0.5, 0.6) is 5.75 Å². The van der Waals surface area contributed by atoms with Gasteiger partial charge in [0.05, 0.1) is 7.11 Å². The summed E-state index contributed by atoms with van der Waals surface area (Å²) >= 11 is 0. The summed E-state index contributed by atoms with van der Waals surface area (Å²) in [5.41, 5.74) is 11.6. The van der Waals surface area contributed by atoms with Crippen LogP contribution in [0, 0.1) is 5.82 Å². The van der Waals surface area contributed by atoms with E-state index in [4.69, 9.17) is 16.2 Å². The number of methoxy groups -OCH3 is 1. The van der Waals surface area contributed by atoms with E-state index in [1.54, 1.807) is 12.1 Å². The van der Waals surface area contributed by atoms with E-state index >= 15 is 0 Å². The Balaban J connectivity index is 2.59. The molecule has 1 rings (SSSR count). The van der Waals surface area contributed by atoms with E-state index in [0.717, 1.165) is 0 Å². The highest BCUT2D eigenvalue weighted by Gasteiger charge is 2.04. The Labute approximate surface area is 88.4 Å². The van der Waals surface area contributed by atoms with Gasteiger partial charge in [-0.05, 0) is 12.1 Å². The van der Waals surface area contributed by atoms with E-state index < -0.39 is 5.82 Å². The number of rotatable bonds is 5. The topological polar surface area (TPSA) is 73.3 Å². The molecule has 0 aliphatic rings. The summed E-state index contributed by atoms with van der Waals surface area (Å²) in [4.78, 5) is 0. The molecule has 0 saturated heterocycles. The molecule has 1 unspecified atom stereocenters. The lowest BCUT2D eigenvalue weighted by Gasteiger charge is -2.12. The van der Waals surface area contributed by atoms with Gasteiger partial charge in [-0.15, -0.1) is 0 Å². The molecule has 0 heterocycles. The predicted octanol–water partition coefficient (Wildman–Crippen LogP) is 0.532. The third-order valence-electron chi connectivity index (χ3n) is 2.02. The summed E-state index contributed by atoms with van der Waals surface area (Å²) in [5.74, 6) is -0.174. The summed E-state index contributed by atoms with van der Waals surface area (Å²) in [6.07, 6.45) is 0. The van der Waals surface area contributed by atoms with Crippen LogP contribution in [0.2, 0.25) is 0 Å². The van der Waals surface area contributed by atoms with Gasteiger partial charge in [0, 0.05) is 30.9 Å². The van der Waals surface area contributed by atoms with Gasteiger partial charge in [-0.3, -0.25) is 0 Å². The second-order valence-electron chi connectivity index (χ2n) is 3.23. The first-order chi connectivity index (χ1) is 7.17. The van der Waals surface area contributed by atoms with Crippen LogP contribution in [-0.2, 0) is 0 Å². The highest BCUT2D eigenvalue weighted by molar-refractivity contribution is 5.47. The molecule has 84 valence electrons. The Hall–Kier alpha value is -1.33. The number of nitrogens with two attached hydrogens (primary N) is 2. The third-order valence-corrected chi connectivity index (χ3v) is 2.02. The van der Waals surface area contributed by atoms with Crippen molar-refractivity contribution in [2.24, 2.45) is 11.5 Å². The minimum absolute atomic E-state index is 0.129. The van der Waals surface area contributed by atoms with Crippen molar-refractivity contribution in [3.8, 4) is 5.75 Å². The highest BCUT2D eigenvalue weighted by Crippen LogP contribution is 2.20. The van der Waals surface area contributed by atoms with Gasteiger partial charge in [-0.2, -0.15) is 0 Å². The lowest BCUT2D eigenvalue weighted by atomic mass is 10.2. The van der Waals surface area contributed by atoms with Crippen molar-refractivity contribution >= 4 is 5.69 Å². The number of anilines is 1. The highest BCUT2D eigenvalue weighted by atomic mass is 19.1. The van der Waals surface area contributed by atoms with Gasteiger partial charge in [-0.25, -0.2) is 4.39 Å². The summed E-state index contributed by atoms with van der Waals surface area (Å²) in [5, 5.41) is 2.99. The molecule has 0 aliphatic carbocycles. The van der Waals surface area contributed by atoms with Crippen molar-refractivity contribution in [2.75, 3.05) is 25.5 Å². The van der Waals surface area contributed by atoms with Crippen molar-refractivity contribution in [3.63, 3.8) is 0 Å². The van der Waals surface area contributed by atoms with Crippen LogP contribution in [0.25, 0.3) is 0 Å². The standard InChI is InChI=1S/C10H16FN3O/c1-15-10-3-2-8(4-9(10)11)14-6-7(13)5-12/h2-4,7,14H,5-6,12-13H2,1H3. The number of halogens is 1. The maximum Gasteiger partial charge on any atom is 0.167 e. The molecule has 0 radical (unpaired) electrons. The van der Waals surface area contributed by atoms with E-state index in [9.17, 15) is 4.39 Å². The van der Waals surface area contributed by atoms with Crippen LogP contribution in [0.1, 0.15) is 0 Å². The van der Waals surface area contributed by atoms with E-state index in [2.05, 4.69) is 5.32 Å². The monoisotopic (exact) mass is 213 g/mol. The van der Waals surface area contributed by atoms with Crippen molar-refractivity contribution in [1.29, 1.82) is 0 Å². The lowest BCUT2D eigenvalue weighted by molar-refractivity contribution is 0.386. The quantitative estimate of drug-likeness (QED) is 0.667. The van der Waals surface area contributed by atoms with Gasteiger partial charge < -0.3 is 21.5 Å². The molecule has 0 bridgehead atoms. The fourth-order valence-electron chi connectivity index (χ4n) is 1.11. The number of hydrogen-bond acceptors (Lipinski definition) is 4. The fourth-order valence-corrected chi connectivity index (χ4v) is 1.11. The fraction of sp³-hybridized carbons (Fsp3) is 0.400. The first kappa shape index (κ1) is 11.7. The number of hydrogen-bond donors (Lipinski definition) is 3. The van der Waals surface area contributed by atoms with Crippen molar-refractivity contribution in [2.45, 2.75) is 6.04 Å². The van der Waals surface area contributed by atoms with E-state index in [1.807, 2.05) is 0 Å². The molecule has 0 saturated carbocycles. The summed E-state index contributed by atoms with van der Waals surface area (Å²) < 4.78 is 18.0. The van der Waals surface area contributed by atoms with E-state index in [-0.39, 0.29) is 11.8 Å². The second-order valence-corrected chi connectivity index (χ2v) is 3.23. The van der Waals surface area contributed by atoms with Gasteiger partial charge in [-0.1, -0.05) is 0 Å². The van der Waals surface area contributed by atoms with Crippen LogP contribution in [0.15, 0.2) is 18.2 Å². The molecule has 1 atom stereocenters. The van der Waals surface area contributed by atoms with Gasteiger partial charge in [0.15, 0.2) is 11.6 Å². The maximum absolute atomic E-state index is 13.2. The van der Waals surface area contributed by atoms with Gasteiger partial charge in [0.1, 0.15) is 0 Å². The molecular weight excluding hydrogens is 197 g/mol. The Morgan fingerprint density at radius 1 is 1.53 bits per heavy atom.